The van der Waals surface area contributed by atoms with Gasteiger partial charge < -0.3 is 9.84 Å². The number of hydrogen-bond donors (Lipinski definition) is 1. The molecule has 2 aromatic carbocycles. The monoisotopic (exact) mass is 323 g/mol. The van der Waals surface area contributed by atoms with Crippen LogP contribution in [0.1, 0.15) is 31.7 Å². The van der Waals surface area contributed by atoms with Gasteiger partial charge in [-0.15, -0.1) is 5.10 Å². The van der Waals surface area contributed by atoms with E-state index >= 15 is 0 Å². The summed E-state index contributed by atoms with van der Waals surface area (Å²) in [5.41, 5.74) is 1.73. The van der Waals surface area contributed by atoms with Gasteiger partial charge in [-0.2, -0.15) is 0 Å². The molecule has 1 aromatic heterocycles. The first-order valence-electron chi connectivity index (χ1n) is 8.44. The van der Waals surface area contributed by atoms with Crippen LogP contribution >= 0.6 is 0 Å². The van der Waals surface area contributed by atoms with Crippen molar-refractivity contribution in [3.8, 4) is 17.0 Å². The second kappa shape index (κ2) is 6.24. The first-order chi connectivity index (χ1) is 11.8. The van der Waals surface area contributed by atoms with E-state index in [9.17, 15) is 5.11 Å². The predicted octanol–water partition coefficient (Wildman–Crippen LogP) is 3.58. The summed E-state index contributed by atoms with van der Waals surface area (Å²) in [6, 6.07) is 12.2. The third kappa shape index (κ3) is 2.55. The number of aromatic nitrogens is 3. The van der Waals surface area contributed by atoms with Gasteiger partial charge in [-0.3, -0.25) is 0 Å². The van der Waals surface area contributed by atoms with Gasteiger partial charge in [-0.1, -0.05) is 48.4 Å². The molecule has 0 unspecified atom stereocenters. The molecule has 1 heterocycles. The molecular formula is C19H21N3O2. The average Bonchev–Trinajstić information content (AvgIpc) is 3.10. The van der Waals surface area contributed by atoms with Gasteiger partial charge in [-0.25, -0.2) is 4.68 Å². The van der Waals surface area contributed by atoms with Crippen molar-refractivity contribution in [2.45, 2.75) is 37.8 Å². The van der Waals surface area contributed by atoms with E-state index in [4.69, 9.17) is 4.74 Å². The summed E-state index contributed by atoms with van der Waals surface area (Å²) in [4.78, 5) is 0. The van der Waals surface area contributed by atoms with Crippen molar-refractivity contribution >= 4 is 10.8 Å². The summed E-state index contributed by atoms with van der Waals surface area (Å²) >= 11 is 0. The molecule has 0 bridgehead atoms. The number of nitrogens with zero attached hydrogens (tertiary/aromatic N) is 3. The molecule has 1 aliphatic carbocycles. The lowest BCUT2D eigenvalue weighted by Crippen LogP contribution is -2.27. The highest BCUT2D eigenvalue weighted by molar-refractivity contribution is 5.98. The minimum atomic E-state index is -0.345. The smallest absolute Gasteiger partial charge is 0.129 e. The molecule has 0 spiro atoms. The highest BCUT2D eigenvalue weighted by Crippen LogP contribution is 2.37. The number of aliphatic hydroxyl groups excluding tert-OH is 1. The second-order valence-corrected chi connectivity index (χ2v) is 6.37. The van der Waals surface area contributed by atoms with Gasteiger partial charge >= 0.3 is 0 Å². The lowest BCUT2D eigenvalue weighted by molar-refractivity contribution is 0.0685. The van der Waals surface area contributed by atoms with Crippen molar-refractivity contribution < 1.29 is 9.84 Å². The van der Waals surface area contributed by atoms with E-state index in [1.165, 1.54) is 0 Å². The standard InChI is InChI=1S/C19H21N3O2/c1-24-18-11-10-13-6-2-3-7-14(13)19(18)15-12-22(21-20-15)16-8-4-5-9-17(16)23/h2-3,6-7,10-12,16-17,23H,4-5,8-9H2,1H3/t16-,17-/m0/s1. The van der Waals surface area contributed by atoms with E-state index in [1.807, 2.05) is 35.1 Å². The molecule has 124 valence electrons. The van der Waals surface area contributed by atoms with Crippen LogP contribution in [0.5, 0.6) is 5.75 Å². The Kier molecular flexibility index (Phi) is 3.94. The summed E-state index contributed by atoms with van der Waals surface area (Å²) in [5.74, 6) is 0.782. The normalized spacial score (nSPS) is 21.1. The van der Waals surface area contributed by atoms with Gasteiger partial charge in [-0.05, 0) is 29.7 Å². The van der Waals surface area contributed by atoms with E-state index in [0.29, 0.717) is 0 Å². The first kappa shape index (κ1) is 15.1. The largest absolute Gasteiger partial charge is 0.496 e. The minimum Gasteiger partial charge on any atom is -0.496 e. The maximum atomic E-state index is 10.3. The molecule has 1 saturated carbocycles. The van der Waals surface area contributed by atoms with E-state index in [0.717, 1.165) is 53.5 Å². The van der Waals surface area contributed by atoms with Gasteiger partial charge in [0.25, 0.3) is 0 Å². The summed E-state index contributed by atoms with van der Waals surface area (Å²) in [5, 5.41) is 21.2. The van der Waals surface area contributed by atoms with Crippen LogP contribution in [-0.4, -0.2) is 33.3 Å². The minimum absolute atomic E-state index is 0.0148. The molecule has 1 N–H and O–H groups in total. The van der Waals surface area contributed by atoms with Crippen LogP contribution in [0.3, 0.4) is 0 Å². The van der Waals surface area contributed by atoms with Crippen molar-refractivity contribution in [3.05, 3.63) is 42.6 Å². The number of benzene rings is 2. The van der Waals surface area contributed by atoms with Crippen LogP contribution in [0.4, 0.5) is 0 Å². The molecule has 1 fully saturated rings. The quantitative estimate of drug-likeness (QED) is 0.800. The SMILES string of the molecule is COc1ccc2ccccc2c1-c1cn([C@H]2CCCC[C@@H]2O)nn1. The molecule has 1 aliphatic rings. The van der Waals surface area contributed by atoms with Gasteiger partial charge in [0, 0.05) is 0 Å². The molecule has 0 aliphatic heterocycles. The van der Waals surface area contributed by atoms with E-state index < -0.39 is 0 Å². The van der Waals surface area contributed by atoms with Crippen molar-refractivity contribution in [1.29, 1.82) is 0 Å². The Balaban J connectivity index is 1.81. The second-order valence-electron chi connectivity index (χ2n) is 6.37. The van der Waals surface area contributed by atoms with E-state index in [-0.39, 0.29) is 12.1 Å². The summed E-state index contributed by atoms with van der Waals surface area (Å²) in [7, 11) is 1.67. The van der Waals surface area contributed by atoms with Gasteiger partial charge in [0.15, 0.2) is 0 Å². The van der Waals surface area contributed by atoms with Gasteiger partial charge in [0.05, 0.1) is 31.0 Å². The zero-order valence-corrected chi connectivity index (χ0v) is 13.7. The molecule has 0 radical (unpaired) electrons. The fourth-order valence-corrected chi connectivity index (χ4v) is 3.64. The lowest BCUT2D eigenvalue weighted by Gasteiger charge is -2.27. The third-order valence-corrected chi connectivity index (χ3v) is 4.91. The summed E-state index contributed by atoms with van der Waals surface area (Å²) in [6.07, 6.45) is 5.56. The zero-order valence-electron chi connectivity index (χ0n) is 13.7. The molecule has 4 rings (SSSR count). The van der Waals surface area contributed by atoms with Gasteiger partial charge in [0.2, 0.25) is 0 Å². The molecule has 3 aromatic rings. The van der Waals surface area contributed by atoms with Crippen LogP contribution in [0.25, 0.3) is 22.0 Å². The third-order valence-electron chi connectivity index (χ3n) is 4.91. The average molecular weight is 323 g/mol. The maximum absolute atomic E-state index is 10.3. The van der Waals surface area contributed by atoms with Crippen LogP contribution in [0.15, 0.2) is 42.6 Å². The molecule has 5 nitrogen and oxygen atoms in total. The Morgan fingerprint density at radius 3 is 2.79 bits per heavy atom. The van der Waals surface area contributed by atoms with Gasteiger partial charge in [0.1, 0.15) is 11.4 Å². The Morgan fingerprint density at radius 2 is 1.96 bits per heavy atom. The van der Waals surface area contributed by atoms with E-state index in [1.54, 1.807) is 7.11 Å². The fourth-order valence-electron chi connectivity index (χ4n) is 3.64. The van der Waals surface area contributed by atoms with Crippen LogP contribution < -0.4 is 4.74 Å². The topological polar surface area (TPSA) is 60.2 Å². The van der Waals surface area contributed by atoms with Crippen LogP contribution in [0.2, 0.25) is 0 Å². The molecule has 2 atom stereocenters. The molecule has 24 heavy (non-hydrogen) atoms. The number of hydrogen-bond acceptors (Lipinski definition) is 4. The van der Waals surface area contributed by atoms with Crippen molar-refractivity contribution in [2.75, 3.05) is 7.11 Å². The summed E-state index contributed by atoms with van der Waals surface area (Å²) in [6.45, 7) is 0. The van der Waals surface area contributed by atoms with Crippen LogP contribution in [-0.2, 0) is 0 Å². The number of fused-ring (bicyclic) bond motifs is 1. The maximum Gasteiger partial charge on any atom is 0.129 e. The lowest BCUT2D eigenvalue weighted by atomic mass is 9.93. The molecule has 0 saturated heterocycles. The number of ether oxygens (including phenoxy) is 1. The Bertz CT molecular complexity index is 859. The van der Waals surface area contributed by atoms with Crippen molar-refractivity contribution in [2.24, 2.45) is 0 Å². The number of rotatable bonds is 3. The van der Waals surface area contributed by atoms with Crippen molar-refractivity contribution in [1.82, 2.24) is 15.0 Å². The Labute approximate surface area is 140 Å². The highest BCUT2D eigenvalue weighted by Gasteiger charge is 2.26. The first-order valence-corrected chi connectivity index (χ1v) is 8.44. The predicted molar refractivity (Wildman–Crippen MR) is 93.0 cm³/mol. The number of aliphatic hydroxyl groups is 1. The fraction of sp³-hybridized carbons (Fsp3) is 0.368. The summed E-state index contributed by atoms with van der Waals surface area (Å²) < 4.78 is 7.38. The van der Waals surface area contributed by atoms with Crippen molar-refractivity contribution in [3.63, 3.8) is 0 Å². The Hall–Kier alpha value is -2.40. The molecule has 0 amide bonds. The molecule has 5 heteroatoms. The zero-order chi connectivity index (χ0) is 16.5. The van der Waals surface area contributed by atoms with E-state index in [2.05, 4.69) is 22.4 Å². The number of methoxy groups -OCH3 is 1. The molecular weight excluding hydrogens is 302 g/mol. The Morgan fingerprint density at radius 1 is 1.12 bits per heavy atom. The van der Waals surface area contributed by atoms with Crippen LogP contribution in [0, 0.1) is 0 Å². The highest BCUT2D eigenvalue weighted by atomic mass is 16.5.